The first-order chi connectivity index (χ1) is 10.8. The Morgan fingerprint density at radius 1 is 1.23 bits per heavy atom. The van der Waals surface area contributed by atoms with E-state index >= 15 is 0 Å². The van der Waals surface area contributed by atoms with E-state index < -0.39 is 0 Å². The number of benzene rings is 1. The topological polar surface area (TPSA) is 36.1 Å². The van der Waals surface area contributed by atoms with Gasteiger partial charge in [-0.05, 0) is 36.4 Å². The second kappa shape index (κ2) is 6.79. The summed E-state index contributed by atoms with van der Waals surface area (Å²) in [6, 6.07) is 12.3. The molecule has 1 N–H and O–H groups in total. The molecule has 1 aromatic carbocycles. The predicted octanol–water partition coefficient (Wildman–Crippen LogP) is 4.21. The number of hydrogen-bond acceptors (Lipinski definition) is 2. The van der Waals surface area contributed by atoms with E-state index in [1.54, 1.807) is 11.3 Å². The Hall–Kier alpha value is -2.07. The van der Waals surface area contributed by atoms with E-state index in [2.05, 4.69) is 28.6 Å². The molecule has 1 amide bonds. The number of aromatic amines is 1. The number of rotatable bonds is 6. The Balaban J connectivity index is 1.63. The zero-order valence-corrected chi connectivity index (χ0v) is 13.5. The van der Waals surface area contributed by atoms with Crippen molar-refractivity contribution >= 4 is 28.1 Å². The lowest BCUT2D eigenvalue weighted by Crippen LogP contribution is -2.30. The van der Waals surface area contributed by atoms with Crippen LogP contribution in [0.1, 0.15) is 23.8 Å². The van der Waals surface area contributed by atoms with Crippen LogP contribution in [0.3, 0.4) is 0 Å². The minimum atomic E-state index is 0.223. The Labute approximate surface area is 134 Å². The minimum Gasteiger partial charge on any atom is -0.361 e. The summed E-state index contributed by atoms with van der Waals surface area (Å²) in [5.41, 5.74) is 2.35. The number of nitrogens with one attached hydrogen (secondary N) is 1. The van der Waals surface area contributed by atoms with Gasteiger partial charge in [0.05, 0.1) is 6.54 Å². The van der Waals surface area contributed by atoms with Crippen molar-refractivity contribution in [2.45, 2.75) is 26.3 Å². The van der Waals surface area contributed by atoms with Gasteiger partial charge in [0.25, 0.3) is 0 Å². The fourth-order valence-corrected chi connectivity index (χ4v) is 3.42. The van der Waals surface area contributed by atoms with Crippen molar-refractivity contribution in [2.24, 2.45) is 0 Å². The molecule has 0 bridgehead atoms. The Kier molecular flexibility index (Phi) is 4.59. The fraction of sp³-hybridized carbons (Fsp3) is 0.278. The zero-order valence-electron chi connectivity index (χ0n) is 12.7. The SMILES string of the molecule is CCN(Cc1cccs1)C(=O)CCc1c[nH]c2ccccc12. The highest BCUT2D eigenvalue weighted by atomic mass is 32.1. The lowest BCUT2D eigenvalue weighted by molar-refractivity contribution is -0.131. The van der Waals surface area contributed by atoms with E-state index in [9.17, 15) is 4.79 Å². The third-order valence-electron chi connectivity index (χ3n) is 3.94. The van der Waals surface area contributed by atoms with Crippen LogP contribution in [-0.2, 0) is 17.8 Å². The summed E-state index contributed by atoms with van der Waals surface area (Å²) in [5, 5.41) is 3.27. The van der Waals surface area contributed by atoms with Crippen LogP contribution in [0.2, 0.25) is 0 Å². The molecular formula is C18H20N2OS. The highest BCUT2D eigenvalue weighted by Gasteiger charge is 2.13. The monoisotopic (exact) mass is 312 g/mol. The van der Waals surface area contributed by atoms with Crippen molar-refractivity contribution < 1.29 is 4.79 Å². The van der Waals surface area contributed by atoms with Crippen LogP contribution in [0, 0.1) is 0 Å². The first kappa shape index (κ1) is 14.9. The molecule has 3 rings (SSSR count). The van der Waals surface area contributed by atoms with Crippen molar-refractivity contribution in [2.75, 3.05) is 6.54 Å². The van der Waals surface area contributed by atoms with Crippen LogP contribution in [0.5, 0.6) is 0 Å². The maximum atomic E-state index is 12.5. The van der Waals surface area contributed by atoms with E-state index in [-0.39, 0.29) is 5.91 Å². The average Bonchev–Trinajstić information content (AvgIpc) is 3.20. The van der Waals surface area contributed by atoms with E-state index in [0.29, 0.717) is 6.42 Å². The van der Waals surface area contributed by atoms with E-state index in [0.717, 1.165) is 25.0 Å². The van der Waals surface area contributed by atoms with Crippen molar-refractivity contribution in [1.29, 1.82) is 0 Å². The van der Waals surface area contributed by atoms with Crippen molar-refractivity contribution in [3.63, 3.8) is 0 Å². The number of carbonyl (C=O) groups is 1. The van der Waals surface area contributed by atoms with Gasteiger partial charge in [0, 0.05) is 34.9 Å². The molecule has 0 radical (unpaired) electrons. The predicted molar refractivity (Wildman–Crippen MR) is 92.0 cm³/mol. The smallest absolute Gasteiger partial charge is 0.223 e. The van der Waals surface area contributed by atoms with Crippen LogP contribution >= 0.6 is 11.3 Å². The van der Waals surface area contributed by atoms with E-state index in [4.69, 9.17) is 0 Å². The van der Waals surface area contributed by atoms with E-state index in [1.807, 2.05) is 36.2 Å². The van der Waals surface area contributed by atoms with Gasteiger partial charge in [-0.1, -0.05) is 24.3 Å². The summed E-state index contributed by atoms with van der Waals surface area (Å²) in [6.45, 7) is 3.52. The second-order valence-corrected chi connectivity index (χ2v) is 6.38. The molecule has 0 fully saturated rings. The Morgan fingerprint density at radius 3 is 2.86 bits per heavy atom. The maximum absolute atomic E-state index is 12.5. The molecule has 114 valence electrons. The molecular weight excluding hydrogens is 292 g/mol. The number of para-hydroxylation sites is 1. The number of aromatic nitrogens is 1. The summed E-state index contributed by atoms with van der Waals surface area (Å²) in [7, 11) is 0. The summed E-state index contributed by atoms with van der Waals surface area (Å²) >= 11 is 1.70. The normalized spacial score (nSPS) is 11.0. The standard InChI is InChI=1S/C18H20N2OS/c1-2-20(13-15-6-5-11-22-15)18(21)10-9-14-12-19-17-8-4-3-7-16(14)17/h3-8,11-12,19H,2,9-10,13H2,1H3. The quantitative estimate of drug-likeness (QED) is 0.727. The molecule has 3 aromatic rings. The molecule has 2 aromatic heterocycles. The lowest BCUT2D eigenvalue weighted by Gasteiger charge is -2.20. The number of amides is 1. The molecule has 2 heterocycles. The van der Waals surface area contributed by atoms with Gasteiger partial charge in [-0.15, -0.1) is 11.3 Å². The highest BCUT2D eigenvalue weighted by Crippen LogP contribution is 2.20. The number of hydrogen-bond donors (Lipinski definition) is 1. The minimum absolute atomic E-state index is 0.223. The summed E-state index contributed by atoms with van der Waals surface area (Å²) in [5.74, 6) is 0.223. The molecule has 0 spiro atoms. The molecule has 0 atom stereocenters. The second-order valence-electron chi connectivity index (χ2n) is 5.35. The number of carbonyl (C=O) groups excluding carboxylic acids is 1. The number of H-pyrrole nitrogens is 1. The van der Waals surface area contributed by atoms with Crippen LogP contribution < -0.4 is 0 Å². The largest absolute Gasteiger partial charge is 0.361 e. The summed E-state index contributed by atoms with van der Waals surface area (Å²) < 4.78 is 0. The van der Waals surface area contributed by atoms with Gasteiger partial charge in [-0.2, -0.15) is 0 Å². The fourth-order valence-electron chi connectivity index (χ4n) is 2.71. The van der Waals surface area contributed by atoms with Crippen molar-refractivity contribution in [3.8, 4) is 0 Å². The Bertz CT molecular complexity index is 745. The van der Waals surface area contributed by atoms with Gasteiger partial charge < -0.3 is 9.88 Å². The van der Waals surface area contributed by atoms with Crippen LogP contribution in [-0.4, -0.2) is 22.3 Å². The van der Waals surface area contributed by atoms with Gasteiger partial charge in [0.15, 0.2) is 0 Å². The van der Waals surface area contributed by atoms with Crippen LogP contribution in [0.25, 0.3) is 10.9 Å². The van der Waals surface area contributed by atoms with Crippen LogP contribution in [0.4, 0.5) is 0 Å². The first-order valence-corrected chi connectivity index (χ1v) is 8.51. The van der Waals surface area contributed by atoms with Gasteiger partial charge in [-0.3, -0.25) is 4.79 Å². The average molecular weight is 312 g/mol. The number of aryl methyl sites for hydroxylation is 1. The van der Waals surface area contributed by atoms with Gasteiger partial charge in [0.2, 0.25) is 5.91 Å². The molecule has 0 aliphatic rings. The van der Waals surface area contributed by atoms with Gasteiger partial charge in [0.1, 0.15) is 0 Å². The number of thiophene rings is 1. The summed E-state index contributed by atoms with van der Waals surface area (Å²) in [4.78, 5) is 18.9. The molecule has 0 aliphatic carbocycles. The van der Waals surface area contributed by atoms with Gasteiger partial charge >= 0.3 is 0 Å². The maximum Gasteiger partial charge on any atom is 0.223 e. The zero-order chi connectivity index (χ0) is 15.4. The molecule has 4 heteroatoms. The van der Waals surface area contributed by atoms with Crippen molar-refractivity contribution in [1.82, 2.24) is 9.88 Å². The third-order valence-corrected chi connectivity index (χ3v) is 4.81. The number of nitrogens with zero attached hydrogens (tertiary/aromatic N) is 1. The molecule has 3 nitrogen and oxygen atoms in total. The Morgan fingerprint density at radius 2 is 2.09 bits per heavy atom. The summed E-state index contributed by atoms with van der Waals surface area (Å²) in [6.07, 6.45) is 3.36. The molecule has 0 unspecified atom stereocenters. The number of fused-ring (bicyclic) bond motifs is 1. The lowest BCUT2D eigenvalue weighted by atomic mass is 10.1. The van der Waals surface area contributed by atoms with E-state index in [1.165, 1.54) is 15.8 Å². The molecule has 22 heavy (non-hydrogen) atoms. The molecule has 0 saturated carbocycles. The molecule has 0 aliphatic heterocycles. The van der Waals surface area contributed by atoms with Gasteiger partial charge in [-0.25, -0.2) is 0 Å². The highest BCUT2D eigenvalue weighted by molar-refractivity contribution is 7.09. The van der Waals surface area contributed by atoms with Crippen LogP contribution in [0.15, 0.2) is 48.0 Å². The van der Waals surface area contributed by atoms with Crippen molar-refractivity contribution in [3.05, 3.63) is 58.4 Å². The first-order valence-electron chi connectivity index (χ1n) is 7.63. The molecule has 0 saturated heterocycles. The third kappa shape index (κ3) is 3.22.